The van der Waals surface area contributed by atoms with Gasteiger partial charge in [0.05, 0.1) is 5.48 Å². The molecular formula is C18H34O4. The molecule has 0 heterocycles. The molecule has 130 valence electrons. The molecule has 0 fully saturated rings. The van der Waals surface area contributed by atoms with E-state index in [4.69, 9.17) is 5.48 Å². The molecule has 0 N–H and O–H groups in total. The third-order valence-electron chi connectivity index (χ3n) is 3.34. The van der Waals surface area contributed by atoms with E-state index in [0.717, 1.165) is 51.4 Å². The topological polar surface area (TPSA) is 52.6 Å². The highest BCUT2D eigenvalue weighted by Crippen LogP contribution is 2.06. The fourth-order valence-electron chi connectivity index (χ4n) is 2.00. The van der Waals surface area contributed by atoms with E-state index < -0.39 is 25.1 Å². The van der Waals surface area contributed by atoms with Gasteiger partial charge in [-0.15, -0.1) is 0 Å². The van der Waals surface area contributed by atoms with Crippen molar-refractivity contribution in [1.82, 2.24) is 0 Å². The summed E-state index contributed by atoms with van der Waals surface area (Å²) in [6.45, 7) is -1.88. The lowest BCUT2D eigenvalue weighted by Gasteiger charge is -2.06. The Morgan fingerprint density at radius 1 is 0.682 bits per heavy atom. The third kappa shape index (κ3) is 15.3. The molecule has 0 aromatic heterocycles. The molecule has 4 heteroatoms. The summed E-state index contributed by atoms with van der Waals surface area (Å²) in [6, 6.07) is 0. The number of carbonyl (C=O) groups excluding carboxylic acids is 2. The highest BCUT2D eigenvalue weighted by molar-refractivity contribution is 5.70. The maximum atomic E-state index is 11.7. The van der Waals surface area contributed by atoms with Crippen molar-refractivity contribution in [3.8, 4) is 0 Å². The summed E-state index contributed by atoms with van der Waals surface area (Å²) in [5.41, 5.74) is 0. The number of esters is 2. The first-order valence-corrected chi connectivity index (χ1v) is 8.60. The fourth-order valence-corrected chi connectivity index (χ4v) is 2.00. The Hall–Kier alpha value is -1.06. The number of hydrogen-bond donors (Lipinski definition) is 0. The SMILES string of the molecule is [2H]C([2H])(OC(=O)CCCCCCC)C([2H])([2H])OC(=O)CCCCCCC. The molecule has 0 saturated heterocycles. The first-order chi connectivity index (χ1) is 12.2. The molecule has 0 aliphatic heterocycles. The van der Waals surface area contributed by atoms with Crippen LogP contribution in [0.25, 0.3) is 0 Å². The lowest BCUT2D eigenvalue weighted by molar-refractivity contribution is -0.152. The maximum Gasteiger partial charge on any atom is 0.305 e. The molecule has 4 nitrogen and oxygen atoms in total. The highest BCUT2D eigenvalue weighted by Gasteiger charge is 2.05. The van der Waals surface area contributed by atoms with Crippen molar-refractivity contribution in [1.29, 1.82) is 0 Å². The first-order valence-electron chi connectivity index (χ1n) is 10.6. The highest BCUT2D eigenvalue weighted by atomic mass is 16.6. The zero-order valence-corrected chi connectivity index (χ0v) is 14.1. The van der Waals surface area contributed by atoms with Crippen LogP contribution in [0.3, 0.4) is 0 Å². The average molecular weight is 318 g/mol. The third-order valence-corrected chi connectivity index (χ3v) is 3.34. The predicted octanol–water partition coefficient (Wildman–Crippen LogP) is 4.79. The molecule has 0 atom stereocenters. The van der Waals surface area contributed by atoms with Gasteiger partial charge in [-0.1, -0.05) is 65.2 Å². The van der Waals surface area contributed by atoms with E-state index in [9.17, 15) is 9.59 Å². The van der Waals surface area contributed by atoms with Gasteiger partial charge in [-0.25, -0.2) is 0 Å². The van der Waals surface area contributed by atoms with Crippen LogP contribution in [0.1, 0.15) is 96.4 Å². The van der Waals surface area contributed by atoms with Crippen molar-refractivity contribution in [3.05, 3.63) is 0 Å². The smallest absolute Gasteiger partial charge is 0.305 e. The lowest BCUT2D eigenvalue weighted by Crippen LogP contribution is -2.13. The summed E-state index contributed by atoms with van der Waals surface area (Å²) in [5.74, 6) is -1.66. The Bertz CT molecular complexity index is 376. The predicted molar refractivity (Wildman–Crippen MR) is 88.7 cm³/mol. The molecule has 0 bridgehead atoms. The molecule has 0 radical (unpaired) electrons. The number of hydrogen-bond acceptors (Lipinski definition) is 4. The molecule has 0 rings (SSSR count). The van der Waals surface area contributed by atoms with Crippen LogP contribution in [0, 0.1) is 0 Å². The van der Waals surface area contributed by atoms with Crippen LogP contribution >= 0.6 is 0 Å². The molecule has 0 aromatic carbocycles. The van der Waals surface area contributed by atoms with Crippen LogP contribution in [0.5, 0.6) is 0 Å². The van der Waals surface area contributed by atoms with E-state index in [1.54, 1.807) is 0 Å². The van der Waals surface area contributed by atoms with E-state index in [2.05, 4.69) is 23.3 Å². The molecule has 0 amide bonds. The van der Waals surface area contributed by atoms with E-state index in [0.29, 0.717) is 12.8 Å². The van der Waals surface area contributed by atoms with Crippen LogP contribution in [0.4, 0.5) is 0 Å². The second-order valence-electron chi connectivity index (χ2n) is 5.48. The number of unbranched alkanes of at least 4 members (excludes halogenated alkanes) is 8. The van der Waals surface area contributed by atoms with Gasteiger partial charge in [-0.05, 0) is 12.8 Å². The van der Waals surface area contributed by atoms with Gasteiger partial charge < -0.3 is 9.47 Å². The average Bonchev–Trinajstić information content (AvgIpc) is 2.53. The fraction of sp³-hybridized carbons (Fsp3) is 0.889. The summed E-state index contributed by atoms with van der Waals surface area (Å²) in [5, 5.41) is 0. The second kappa shape index (κ2) is 16.3. The molecule has 0 unspecified atom stereocenters. The standard InChI is InChI=1S/C18H34O4/c1-3-5-7-9-11-13-17(19)21-15-16-22-18(20)14-12-10-8-6-4-2/h3-16H2,1-2H3/i15D2,16D2. The van der Waals surface area contributed by atoms with E-state index in [-0.39, 0.29) is 12.8 Å². The molecule has 22 heavy (non-hydrogen) atoms. The Labute approximate surface area is 141 Å². The first kappa shape index (κ1) is 14.5. The van der Waals surface area contributed by atoms with Gasteiger partial charge >= 0.3 is 11.9 Å². The summed E-state index contributed by atoms with van der Waals surface area (Å²) in [6.07, 6.45) is 9.15. The molecule has 0 aliphatic carbocycles. The van der Waals surface area contributed by atoms with Gasteiger partial charge in [0.2, 0.25) is 0 Å². The van der Waals surface area contributed by atoms with Crippen LogP contribution in [0.2, 0.25) is 0 Å². The van der Waals surface area contributed by atoms with Crippen LogP contribution in [-0.2, 0) is 19.1 Å². The van der Waals surface area contributed by atoms with Crippen molar-refractivity contribution in [3.63, 3.8) is 0 Å². The maximum absolute atomic E-state index is 11.7. The largest absolute Gasteiger partial charge is 0.462 e. The Balaban J connectivity index is 4.27. The van der Waals surface area contributed by atoms with Crippen molar-refractivity contribution in [2.75, 3.05) is 13.1 Å². The Morgan fingerprint density at radius 2 is 1.05 bits per heavy atom. The monoisotopic (exact) mass is 318 g/mol. The molecule has 0 aromatic rings. The quantitative estimate of drug-likeness (QED) is 0.322. The van der Waals surface area contributed by atoms with E-state index >= 15 is 0 Å². The second-order valence-corrected chi connectivity index (χ2v) is 5.48. The molecule has 0 saturated carbocycles. The van der Waals surface area contributed by atoms with Gasteiger partial charge in [0, 0.05) is 12.8 Å². The summed E-state index contributed by atoms with van der Waals surface area (Å²) in [7, 11) is 0. The van der Waals surface area contributed by atoms with Crippen molar-refractivity contribution < 1.29 is 24.5 Å². The zero-order valence-electron chi connectivity index (χ0n) is 18.1. The van der Waals surface area contributed by atoms with Crippen molar-refractivity contribution >= 4 is 11.9 Å². The van der Waals surface area contributed by atoms with Crippen molar-refractivity contribution in [2.24, 2.45) is 0 Å². The minimum Gasteiger partial charge on any atom is -0.462 e. The van der Waals surface area contributed by atoms with Gasteiger partial charge in [0.15, 0.2) is 0 Å². The molecular weight excluding hydrogens is 280 g/mol. The zero-order chi connectivity index (χ0) is 20.1. The minimum absolute atomic E-state index is 0.0185. The minimum atomic E-state index is -3.02. The van der Waals surface area contributed by atoms with Crippen LogP contribution in [0.15, 0.2) is 0 Å². The lowest BCUT2D eigenvalue weighted by atomic mass is 10.1. The summed E-state index contributed by atoms with van der Waals surface area (Å²) >= 11 is 0. The van der Waals surface area contributed by atoms with E-state index in [1.165, 1.54) is 0 Å². The Kier molecular flexibility index (Phi) is 10.8. The number of rotatable bonds is 15. The van der Waals surface area contributed by atoms with Crippen LogP contribution < -0.4 is 0 Å². The van der Waals surface area contributed by atoms with E-state index in [1.807, 2.05) is 0 Å². The van der Waals surface area contributed by atoms with Crippen molar-refractivity contribution in [2.45, 2.75) is 90.9 Å². The molecule has 0 spiro atoms. The number of ether oxygens (including phenoxy) is 2. The van der Waals surface area contributed by atoms with Gasteiger partial charge in [-0.2, -0.15) is 0 Å². The van der Waals surface area contributed by atoms with Gasteiger partial charge in [0.25, 0.3) is 0 Å². The Morgan fingerprint density at radius 3 is 1.41 bits per heavy atom. The van der Waals surface area contributed by atoms with Crippen LogP contribution in [-0.4, -0.2) is 25.1 Å². The summed E-state index contributed by atoms with van der Waals surface area (Å²) < 4.78 is 39.8. The van der Waals surface area contributed by atoms with Gasteiger partial charge in [0.1, 0.15) is 13.1 Å². The van der Waals surface area contributed by atoms with Gasteiger partial charge in [-0.3, -0.25) is 9.59 Å². The normalized spacial score (nSPS) is 14.5. The summed E-state index contributed by atoms with van der Waals surface area (Å²) in [4.78, 5) is 23.5. The number of carbonyl (C=O) groups is 2. The molecule has 0 aliphatic rings.